The minimum Gasteiger partial charge on any atom is -0.368 e. The number of carbonyl (C=O) groups is 1. The molecule has 0 aliphatic carbocycles. The smallest absolute Gasteiger partial charge is 0.352 e. The summed E-state index contributed by atoms with van der Waals surface area (Å²) < 4.78 is 2.45. The number of amides is 1. The molecule has 0 saturated carbocycles. The Morgan fingerprint density at radius 3 is 2.22 bits per heavy atom. The molecule has 0 saturated heterocycles. The average Bonchev–Trinajstić information content (AvgIpc) is 3.30. The molecule has 1 aromatic heterocycles. The van der Waals surface area contributed by atoms with Crippen molar-refractivity contribution in [2.24, 2.45) is 5.73 Å². The monoisotopic (exact) mass is 544 g/mol. The van der Waals surface area contributed by atoms with Crippen molar-refractivity contribution in [2.75, 3.05) is 0 Å². The average molecular weight is 545 g/mol. The molecule has 1 amide bonds. The summed E-state index contributed by atoms with van der Waals surface area (Å²) in [6.07, 6.45) is 0.328. The Kier molecular flexibility index (Phi) is 8.04. The second-order valence-electron chi connectivity index (χ2n) is 9.65. The maximum Gasteiger partial charge on any atom is 0.352 e. The van der Waals surface area contributed by atoms with E-state index in [2.05, 4.69) is 16.5 Å². The SMILES string of the molecule is N#Cc1cccc(C[C@H](NCc2cccc([C@@H](c3ccccc3)n3c(=O)[nH]n(-c4ccccc4)c3=O)c2)C(N)=O)c1. The largest absolute Gasteiger partial charge is 0.368 e. The Hall–Kier alpha value is -5.46. The summed E-state index contributed by atoms with van der Waals surface area (Å²) in [7, 11) is 0. The summed E-state index contributed by atoms with van der Waals surface area (Å²) in [4.78, 5) is 39.0. The molecule has 0 aliphatic heterocycles. The Morgan fingerprint density at radius 2 is 1.51 bits per heavy atom. The Labute approximate surface area is 236 Å². The lowest BCUT2D eigenvalue weighted by molar-refractivity contribution is -0.120. The highest BCUT2D eigenvalue weighted by Crippen LogP contribution is 2.25. The maximum atomic E-state index is 13.6. The number of primary amides is 1. The number of H-pyrrole nitrogens is 1. The van der Waals surface area contributed by atoms with Crippen LogP contribution in [0, 0.1) is 11.3 Å². The number of carbonyl (C=O) groups excluding carboxylic acids is 1. The van der Waals surface area contributed by atoms with E-state index in [-0.39, 0.29) is 0 Å². The van der Waals surface area contributed by atoms with Gasteiger partial charge in [0.1, 0.15) is 0 Å². The summed E-state index contributed by atoms with van der Waals surface area (Å²) in [5.41, 5.74) is 8.87. The van der Waals surface area contributed by atoms with Crippen molar-refractivity contribution >= 4 is 5.91 Å². The summed E-state index contributed by atoms with van der Waals surface area (Å²) in [6, 6.07) is 33.6. The molecule has 0 fully saturated rings. The summed E-state index contributed by atoms with van der Waals surface area (Å²) >= 11 is 0. The molecule has 0 bridgehead atoms. The zero-order valence-electron chi connectivity index (χ0n) is 22.1. The van der Waals surface area contributed by atoms with Crippen LogP contribution in [0.3, 0.4) is 0 Å². The first-order chi connectivity index (χ1) is 19.9. The Morgan fingerprint density at radius 1 is 0.854 bits per heavy atom. The number of rotatable bonds is 10. The lowest BCUT2D eigenvalue weighted by Gasteiger charge is -2.20. The fourth-order valence-corrected chi connectivity index (χ4v) is 4.89. The van der Waals surface area contributed by atoms with E-state index >= 15 is 0 Å². The number of aromatic amines is 1. The van der Waals surface area contributed by atoms with Crippen LogP contribution in [0.5, 0.6) is 0 Å². The van der Waals surface area contributed by atoms with Crippen molar-refractivity contribution in [1.82, 2.24) is 19.7 Å². The summed E-state index contributed by atoms with van der Waals surface area (Å²) in [5.74, 6) is -0.508. The number of nitriles is 1. The van der Waals surface area contributed by atoms with Crippen molar-refractivity contribution in [2.45, 2.75) is 25.0 Å². The van der Waals surface area contributed by atoms with E-state index in [1.54, 1.807) is 42.5 Å². The Bertz CT molecular complexity index is 1820. The first-order valence-corrected chi connectivity index (χ1v) is 13.1. The van der Waals surface area contributed by atoms with Crippen LogP contribution in [0.1, 0.15) is 33.9 Å². The first kappa shape index (κ1) is 27.1. The van der Waals surface area contributed by atoms with Gasteiger partial charge in [-0.1, -0.05) is 84.9 Å². The molecular weight excluding hydrogens is 516 g/mol. The standard InChI is InChI=1S/C32H28N6O3/c33-20-23-10-7-9-22(17-23)19-28(30(34)39)35-21-24-11-8-14-26(18-24)29(25-12-3-1-4-13-25)37-31(40)36-38(32(37)41)27-15-5-2-6-16-27/h1-18,28-29,35H,19,21H2,(H2,34,39)(H,36,40)/t28-,29+/m0/s1. The van der Waals surface area contributed by atoms with E-state index in [0.29, 0.717) is 24.2 Å². The van der Waals surface area contributed by atoms with Gasteiger partial charge in [0.05, 0.1) is 29.4 Å². The molecule has 4 aromatic carbocycles. The molecule has 2 atom stereocenters. The van der Waals surface area contributed by atoms with E-state index in [9.17, 15) is 19.6 Å². The molecule has 5 aromatic rings. The quantitative estimate of drug-likeness (QED) is 0.248. The van der Waals surface area contributed by atoms with Crippen LogP contribution in [-0.4, -0.2) is 26.3 Å². The highest BCUT2D eigenvalue weighted by molar-refractivity contribution is 5.80. The highest BCUT2D eigenvalue weighted by atomic mass is 16.2. The van der Waals surface area contributed by atoms with Crippen molar-refractivity contribution < 1.29 is 4.79 Å². The maximum absolute atomic E-state index is 13.6. The van der Waals surface area contributed by atoms with E-state index in [1.807, 2.05) is 66.7 Å². The van der Waals surface area contributed by atoms with Crippen LogP contribution < -0.4 is 22.4 Å². The van der Waals surface area contributed by atoms with E-state index in [0.717, 1.165) is 22.3 Å². The molecule has 0 aliphatic rings. The number of aromatic nitrogens is 3. The van der Waals surface area contributed by atoms with Crippen LogP contribution >= 0.6 is 0 Å². The van der Waals surface area contributed by atoms with Gasteiger partial charge in [0.15, 0.2) is 0 Å². The fourth-order valence-electron chi connectivity index (χ4n) is 4.89. The molecule has 5 rings (SSSR count). The van der Waals surface area contributed by atoms with Crippen LogP contribution in [0.4, 0.5) is 0 Å². The van der Waals surface area contributed by atoms with Gasteiger partial charge in [0, 0.05) is 6.54 Å². The molecule has 41 heavy (non-hydrogen) atoms. The molecule has 9 nitrogen and oxygen atoms in total. The normalized spacial score (nSPS) is 12.4. The van der Waals surface area contributed by atoms with Gasteiger partial charge >= 0.3 is 11.4 Å². The number of hydrogen-bond donors (Lipinski definition) is 3. The van der Waals surface area contributed by atoms with Gasteiger partial charge in [0.25, 0.3) is 0 Å². The number of hydrogen-bond acceptors (Lipinski definition) is 5. The number of nitrogens with two attached hydrogens (primary N) is 1. The number of benzene rings is 4. The number of nitrogens with zero attached hydrogens (tertiary/aromatic N) is 3. The van der Waals surface area contributed by atoms with Gasteiger partial charge in [-0.15, -0.1) is 0 Å². The molecule has 1 heterocycles. The van der Waals surface area contributed by atoms with Gasteiger partial charge in [-0.3, -0.25) is 4.79 Å². The topological polar surface area (TPSA) is 139 Å². The van der Waals surface area contributed by atoms with E-state index < -0.39 is 29.4 Å². The Balaban J connectivity index is 1.46. The van der Waals surface area contributed by atoms with Crippen LogP contribution in [-0.2, 0) is 17.8 Å². The molecule has 204 valence electrons. The fraction of sp³-hybridized carbons (Fsp3) is 0.125. The lowest BCUT2D eigenvalue weighted by Crippen LogP contribution is -2.42. The van der Waals surface area contributed by atoms with E-state index in [4.69, 9.17) is 5.73 Å². The molecule has 0 radical (unpaired) electrons. The minimum absolute atomic E-state index is 0.317. The lowest BCUT2D eigenvalue weighted by atomic mass is 9.96. The van der Waals surface area contributed by atoms with Gasteiger partial charge in [-0.25, -0.2) is 23.9 Å². The summed E-state index contributed by atoms with van der Waals surface area (Å²) in [6.45, 7) is 0.317. The third-order valence-corrected chi connectivity index (χ3v) is 6.87. The zero-order valence-corrected chi connectivity index (χ0v) is 22.1. The summed E-state index contributed by atoms with van der Waals surface area (Å²) in [5, 5.41) is 15.1. The number of nitrogens with one attached hydrogen (secondary N) is 2. The molecular formula is C32H28N6O3. The third-order valence-electron chi connectivity index (χ3n) is 6.87. The minimum atomic E-state index is -0.696. The highest BCUT2D eigenvalue weighted by Gasteiger charge is 2.24. The first-order valence-electron chi connectivity index (χ1n) is 13.1. The molecule has 0 spiro atoms. The van der Waals surface area contributed by atoms with Crippen molar-refractivity contribution in [3.63, 3.8) is 0 Å². The van der Waals surface area contributed by atoms with Crippen LogP contribution in [0.25, 0.3) is 5.69 Å². The van der Waals surface area contributed by atoms with Gasteiger partial charge in [-0.2, -0.15) is 5.26 Å². The number of para-hydroxylation sites is 1. The molecule has 9 heteroatoms. The predicted molar refractivity (Wildman–Crippen MR) is 155 cm³/mol. The van der Waals surface area contributed by atoms with Crippen molar-refractivity contribution in [3.8, 4) is 11.8 Å². The van der Waals surface area contributed by atoms with Gasteiger partial charge in [0.2, 0.25) is 5.91 Å². The van der Waals surface area contributed by atoms with Crippen molar-refractivity contribution in [3.05, 3.63) is 158 Å². The molecule has 4 N–H and O–H groups in total. The predicted octanol–water partition coefficient (Wildman–Crippen LogP) is 3.02. The van der Waals surface area contributed by atoms with Crippen molar-refractivity contribution in [1.29, 1.82) is 5.26 Å². The molecule has 0 unspecified atom stereocenters. The second-order valence-corrected chi connectivity index (χ2v) is 9.65. The van der Waals surface area contributed by atoms with E-state index in [1.165, 1.54) is 9.25 Å². The second kappa shape index (κ2) is 12.2. The van der Waals surface area contributed by atoms with Crippen LogP contribution in [0.15, 0.2) is 119 Å². The zero-order chi connectivity index (χ0) is 28.8. The third kappa shape index (κ3) is 6.08. The van der Waals surface area contributed by atoms with Gasteiger partial charge < -0.3 is 11.1 Å². The van der Waals surface area contributed by atoms with Crippen LogP contribution in [0.2, 0.25) is 0 Å². The van der Waals surface area contributed by atoms with Gasteiger partial charge in [-0.05, 0) is 52.9 Å².